The van der Waals surface area contributed by atoms with Gasteiger partial charge < -0.3 is 14.4 Å². The molecule has 0 aromatic carbocycles. The summed E-state index contributed by atoms with van der Waals surface area (Å²) in [4.78, 5) is 18.6. The van der Waals surface area contributed by atoms with Gasteiger partial charge in [-0.25, -0.2) is 15.1 Å². The summed E-state index contributed by atoms with van der Waals surface area (Å²) >= 11 is 7.06. The Kier molecular flexibility index (Phi) is 5.91. The van der Waals surface area contributed by atoms with Crippen LogP contribution in [0.4, 0.5) is 0 Å². The SMILES string of the molecule is C#CCOCN1COCN(Cc2cnc(Cl)s2)/C1=N\[N+](=O)[O-]. The van der Waals surface area contributed by atoms with E-state index in [0.29, 0.717) is 11.0 Å². The Hall–Kier alpha value is -1.93. The maximum atomic E-state index is 10.8. The third-order valence-electron chi connectivity index (χ3n) is 2.54. The molecule has 1 aromatic heterocycles. The number of halogens is 1. The molecule has 1 saturated heterocycles. The van der Waals surface area contributed by atoms with Crippen LogP contribution in [0.3, 0.4) is 0 Å². The van der Waals surface area contributed by atoms with Crippen LogP contribution in [0, 0.1) is 22.5 Å². The fourth-order valence-electron chi connectivity index (χ4n) is 1.75. The summed E-state index contributed by atoms with van der Waals surface area (Å²) in [6.07, 6.45) is 6.70. The fourth-order valence-corrected chi connectivity index (χ4v) is 2.74. The Labute approximate surface area is 135 Å². The Morgan fingerprint density at radius 1 is 1.64 bits per heavy atom. The molecule has 2 heterocycles. The zero-order valence-electron chi connectivity index (χ0n) is 11.3. The van der Waals surface area contributed by atoms with Gasteiger partial charge >= 0.3 is 0 Å². The van der Waals surface area contributed by atoms with Gasteiger partial charge in [0.05, 0.1) is 6.54 Å². The number of aromatic nitrogens is 1. The molecular weight excluding hydrogens is 334 g/mol. The highest BCUT2D eigenvalue weighted by Crippen LogP contribution is 2.21. The lowest BCUT2D eigenvalue weighted by atomic mass is 10.4. The van der Waals surface area contributed by atoms with Gasteiger partial charge in [-0.1, -0.05) is 17.5 Å². The van der Waals surface area contributed by atoms with E-state index in [-0.39, 0.29) is 32.8 Å². The van der Waals surface area contributed by atoms with Crippen LogP contribution in [0.25, 0.3) is 0 Å². The van der Waals surface area contributed by atoms with Crippen LogP contribution < -0.4 is 0 Å². The van der Waals surface area contributed by atoms with Gasteiger partial charge in [-0.15, -0.1) is 17.8 Å². The molecule has 0 unspecified atom stereocenters. The van der Waals surface area contributed by atoms with Crippen LogP contribution in [0.15, 0.2) is 11.3 Å². The van der Waals surface area contributed by atoms with E-state index in [4.69, 9.17) is 27.5 Å². The van der Waals surface area contributed by atoms with Crippen molar-refractivity contribution in [3.63, 3.8) is 0 Å². The molecule has 0 radical (unpaired) electrons. The average molecular weight is 346 g/mol. The summed E-state index contributed by atoms with van der Waals surface area (Å²) in [6, 6.07) is 0. The smallest absolute Gasteiger partial charge is 0.279 e. The first-order valence-corrected chi connectivity index (χ1v) is 7.21. The quantitative estimate of drug-likeness (QED) is 0.328. The standard InChI is InChI=1S/C11H12ClN5O4S/c1-2-3-20-7-16-8-21-6-15(11(16)14-17(18)19)5-9-4-13-10(12)22-9/h1,4H,3,5-8H2/b14-11+. The molecule has 0 bridgehead atoms. The van der Waals surface area contributed by atoms with E-state index >= 15 is 0 Å². The van der Waals surface area contributed by atoms with Crippen LogP contribution in [-0.2, 0) is 16.0 Å². The molecule has 22 heavy (non-hydrogen) atoms. The molecule has 0 aliphatic carbocycles. The molecule has 2 rings (SSSR count). The third kappa shape index (κ3) is 4.54. The highest BCUT2D eigenvalue weighted by Gasteiger charge is 2.28. The number of nitro groups is 1. The molecule has 118 valence electrons. The minimum absolute atomic E-state index is 0.0385. The van der Waals surface area contributed by atoms with E-state index in [1.165, 1.54) is 16.2 Å². The van der Waals surface area contributed by atoms with E-state index < -0.39 is 5.03 Å². The fraction of sp³-hybridized carbons (Fsp3) is 0.455. The lowest BCUT2D eigenvalue weighted by molar-refractivity contribution is -0.487. The topological polar surface area (TPSA) is 93.3 Å². The van der Waals surface area contributed by atoms with Crippen LogP contribution >= 0.6 is 22.9 Å². The van der Waals surface area contributed by atoms with Gasteiger partial charge in [-0.3, -0.25) is 4.90 Å². The summed E-state index contributed by atoms with van der Waals surface area (Å²) in [5, 5.41) is 13.4. The highest BCUT2D eigenvalue weighted by atomic mass is 35.5. The monoisotopic (exact) mass is 345 g/mol. The molecule has 1 aromatic rings. The van der Waals surface area contributed by atoms with Crippen molar-refractivity contribution in [3.8, 4) is 12.3 Å². The van der Waals surface area contributed by atoms with Crippen LogP contribution in [0.5, 0.6) is 0 Å². The van der Waals surface area contributed by atoms with Crippen molar-refractivity contribution < 1.29 is 14.5 Å². The van der Waals surface area contributed by atoms with E-state index in [9.17, 15) is 10.1 Å². The Morgan fingerprint density at radius 2 is 2.41 bits per heavy atom. The molecule has 1 fully saturated rings. The molecule has 0 N–H and O–H groups in total. The number of ether oxygens (including phenoxy) is 2. The van der Waals surface area contributed by atoms with Crippen molar-refractivity contribution in [3.05, 3.63) is 25.7 Å². The van der Waals surface area contributed by atoms with Crippen molar-refractivity contribution in [2.75, 3.05) is 26.8 Å². The molecule has 0 saturated carbocycles. The van der Waals surface area contributed by atoms with E-state index in [1.807, 2.05) is 0 Å². The third-order valence-corrected chi connectivity index (χ3v) is 3.64. The molecule has 11 heteroatoms. The number of hydrogen-bond donors (Lipinski definition) is 0. The first kappa shape index (κ1) is 16.4. The lowest BCUT2D eigenvalue weighted by Gasteiger charge is -2.36. The Bertz CT molecular complexity index is 602. The molecular formula is C11H12ClN5O4S. The van der Waals surface area contributed by atoms with Crippen LogP contribution in [0.1, 0.15) is 4.88 Å². The molecule has 0 amide bonds. The maximum absolute atomic E-state index is 10.8. The second-order valence-corrected chi connectivity index (χ2v) is 5.80. The molecule has 0 atom stereocenters. The van der Waals surface area contributed by atoms with Gasteiger partial charge in [0.1, 0.15) is 31.9 Å². The van der Waals surface area contributed by atoms with Crippen molar-refractivity contribution in [2.45, 2.75) is 6.54 Å². The van der Waals surface area contributed by atoms with Gasteiger partial charge in [-0.2, -0.15) is 0 Å². The average Bonchev–Trinajstić information content (AvgIpc) is 2.87. The van der Waals surface area contributed by atoms with E-state index in [1.54, 1.807) is 11.1 Å². The number of hydrogen-bond acceptors (Lipinski definition) is 6. The number of nitrogens with zero attached hydrogens (tertiary/aromatic N) is 5. The first-order valence-electron chi connectivity index (χ1n) is 6.02. The van der Waals surface area contributed by atoms with Gasteiger partial charge in [0.25, 0.3) is 5.96 Å². The summed E-state index contributed by atoms with van der Waals surface area (Å²) < 4.78 is 11.0. The summed E-state index contributed by atoms with van der Waals surface area (Å²) in [5.41, 5.74) is 0. The second-order valence-electron chi connectivity index (χ2n) is 4.10. The maximum Gasteiger partial charge on any atom is 0.279 e. The zero-order valence-corrected chi connectivity index (χ0v) is 12.9. The predicted octanol–water partition coefficient (Wildman–Crippen LogP) is 1.00. The minimum atomic E-state index is -0.762. The number of terminal acetylenes is 1. The summed E-state index contributed by atoms with van der Waals surface area (Å²) in [5.74, 6) is 2.46. The summed E-state index contributed by atoms with van der Waals surface area (Å²) in [7, 11) is 0. The highest BCUT2D eigenvalue weighted by molar-refractivity contribution is 7.15. The molecule has 1 aliphatic heterocycles. The largest absolute Gasteiger partial charge is 0.348 e. The first-order chi connectivity index (χ1) is 10.6. The number of hydrazone groups is 1. The number of guanidine groups is 1. The number of rotatable bonds is 6. The van der Waals surface area contributed by atoms with Gasteiger partial charge in [0.2, 0.25) is 0 Å². The van der Waals surface area contributed by atoms with E-state index in [2.05, 4.69) is 16.0 Å². The van der Waals surface area contributed by atoms with Gasteiger partial charge in [0, 0.05) is 11.1 Å². The zero-order chi connectivity index (χ0) is 15.9. The lowest BCUT2D eigenvalue weighted by Crippen LogP contribution is -2.52. The van der Waals surface area contributed by atoms with Crippen molar-refractivity contribution in [1.29, 1.82) is 0 Å². The number of thiazole rings is 1. The normalized spacial score (nSPS) is 16.8. The predicted molar refractivity (Wildman–Crippen MR) is 79.4 cm³/mol. The van der Waals surface area contributed by atoms with Gasteiger partial charge in [0.15, 0.2) is 9.50 Å². The van der Waals surface area contributed by atoms with Crippen molar-refractivity contribution in [2.24, 2.45) is 5.10 Å². The van der Waals surface area contributed by atoms with Crippen molar-refractivity contribution in [1.82, 2.24) is 14.8 Å². The van der Waals surface area contributed by atoms with Crippen LogP contribution in [0.2, 0.25) is 4.47 Å². The Balaban J connectivity index is 2.12. The Morgan fingerprint density at radius 3 is 3.05 bits per heavy atom. The molecule has 1 aliphatic rings. The van der Waals surface area contributed by atoms with Gasteiger partial charge in [-0.05, 0) is 0 Å². The second kappa shape index (κ2) is 7.90. The van der Waals surface area contributed by atoms with Crippen molar-refractivity contribution >= 4 is 28.9 Å². The van der Waals surface area contributed by atoms with Crippen LogP contribution in [-0.4, -0.2) is 52.6 Å². The molecule has 0 spiro atoms. The minimum Gasteiger partial charge on any atom is -0.348 e. The van der Waals surface area contributed by atoms with E-state index in [0.717, 1.165) is 4.88 Å². The summed E-state index contributed by atoms with van der Waals surface area (Å²) in [6.45, 7) is 0.747. The molecule has 9 nitrogen and oxygen atoms in total.